The summed E-state index contributed by atoms with van der Waals surface area (Å²) in [5, 5.41) is 3.34. The van der Waals surface area contributed by atoms with Gasteiger partial charge < -0.3 is 10.2 Å². The maximum Gasteiger partial charge on any atom is 0.146 e. The molecule has 20 heavy (non-hydrogen) atoms. The van der Waals surface area contributed by atoms with E-state index < -0.39 is 0 Å². The van der Waals surface area contributed by atoms with Gasteiger partial charge in [-0.1, -0.05) is 36.4 Å². The third-order valence-electron chi connectivity index (χ3n) is 3.86. The second-order valence-corrected chi connectivity index (χ2v) is 5.28. The van der Waals surface area contributed by atoms with Gasteiger partial charge in [-0.25, -0.2) is 4.39 Å². The first kappa shape index (κ1) is 13.1. The summed E-state index contributed by atoms with van der Waals surface area (Å²) in [5.74, 6) is -0.140. The van der Waals surface area contributed by atoms with E-state index >= 15 is 0 Å². The van der Waals surface area contributed by atoms with Crippen LogP contribution in [0.1, 0.15) is 6.92 Å². The number of piperazine rings is 1. The van der Waals surface area contributed by atoms with Crippen LogP contribution in [0, 0.1) is 5.82 Å². The quantitative estimate of drug-likeness (QED) is 0.901. The molecule has 0 aliphatic carbocycles. The van der Waals surface area contributed by atoms with Crippen molar-refractivity contribution in [2.24, 2.45) is 0 Å². The van der Waals surface area contributed by atoms with Crippen LogP contribution in [0.15, 0.2) is 48.5 Å². The predicted molar refractivity (Wildman–Crippen MR) is 81.5 cm³/mol. The molecule has 3 rings (SSSR count). The average Bonchev–Trinajstić information content (AvgIpc) is 2.49. The Morgan fingerprint density at radius 2 is 1.90 bits per heavy atom. The molecule has 3 heteroatoms. The summed E-state index contributed by atoms with van der Waals surface area (Å²) in [7, 11) is 0. The second-order valence-electron chi connectivity index (χ2n) is 5.28. The van der Waals surface area contributed by atoms with Crippen LogP contribution < -0.4 is 10.2 Å². The van der Waals surface area contributed by atoms with Gasteiger partial charge in [0.05, 0.1) is 5.69 Å². The van der Waals surface area contributed by atoms with E-state index in [0.29, 0.717) is 11.7 Å². The van der Waals surface area contributed by atoms with Crippen molar-refractivity contribution in [1.82, 2.24) is 5.32 Å². The Hall–Kier alpha value is -1.87. The lowest BCUT2D eigenvalue weighted by Gasteiger charge is -2.36. The number of rotatable bonds is 2. The van der Waals surface area contributed by atoms with Crippen LogP contribution in [-0.2, 0) is 0 Å². The summed E-state index contributed by atoms with van der Waals surface area (Å²) < 4.78 is 14.2. The summed E-state index contributed by atoms with van der Waals surface area (Å²) in [4.78, 5) is 2.15. The number of halogens is 1. The fraction of sp³-hybridized carbons (Fsp3) is 0.294. The molecule has 2 nitrogen and oxygen atoms in total. The van der Waals surface area contributed by atoms with Crippen LogP contribution in [0.25, 0.3) is 11.1 Å². The van der Waals surface area contributed by atoms with Gasteiger partial charge in [0, 0.05) is 25.7 Å². The van der Waals surface area contributed by atoms with E-state index in [2.05, 4.69) is 29.3 Å². The Bertz CT molecular complexity index is 583. The maximum atomic E-state index is 14.2. The van der Waals surface area contributed by atoms with Crippen LogP contribution in [-0.4, -0.2) is 25.7 Å². The first-order valence-electron chi connectivity index (χ1n) is 7.08. The molecule has 1 heterocycles. The Labute approximate surface area is 119 Å². The van der Waals surface area contributed by atoms with Gasteiger partial charge >= 0.3 is 0 Å². The van der Waals surface area contributed by atoms with Crippen molar-refractivity contribution in [3.8, 4) is 11.1 Å². The fourth-order valence-corrected chi connectivity index (χ4v) is 2.74. The zero-order valence-electron chi connectivity index (χ0n) is 11.6. The molecule has 1 saturated heterocycles. The van der Waals surface area contributed by atoms with E-state index in [0.717, 1.165) is 30.8 Å². The largest absolute Gasteiger partial charge is 0.364 e. The zero-order chi connectivity index (χ0) is 13.9. The molecule has 1 aliphatic heterocycles. The number of anilines is 1. The highest BCUT2D eigenvalue weighted by Crippen LogP contribution is 2.28. The number of nitrogens with zero attached hydrogens (tertiary/aromatic N) is 1. The Balaban J connectivity index is 1.98. The van der Waals surface area contributed by atoms with E-state index in [4.69, 9.17) is 0 Å². The van der Waals surface area contributed by atoms with Crippen LogP contribution in [0.2, 0.25) is 0 Å². The minimum absolute atomic E-state index is 0.140. The molecule has 0 saturated carbocycles. The summed E-state index contributed by atoms with van der Waals surface area (Å²) >= 11 is 0. The second kappa shape index (κ2) is 5.63. The van der Waals surface area contributed by atoms with E-state index in [-0.39, 0.29) is 5.82 Å². The highest BCUT2D eigenvalue weighted by molar-refractivity contribution is 5.69. The molecule has 0 radical (unpaired) electrons. The molecule has 1 N–H and O–H groups in total. The molecular formula is C17H19FN2. The maximum absolute atomic E-state index is 14.2. The van der Waals surface area contributed by atoms with Crippen molar-refractivity contribution in [1.29, 1.82) is 0 Å². The number of hydrogen-bond acceptors (Lipinski definition) is 2. The number of nitrogens with one attached hydrogen (secondary N) is 1. The smallest absolute Gasteiger partial charge is 0.146 e. The van der Waals surface area contributed by atoms with E-state index in [1.807, 2.05) is 30.3 Å². The number of hydrogen-bond donors (Lipinski definition) is 1. The third-order valence-corrected chi connectivity index (χ3v) is 3.86. The molecule has 1 fully saturated rings. The molecule has 2 aromatic rings. The summed E-state index contributed by atoms with van der Waals surface area (Å²) in [5.41, 5.74) is 2.89. The highest BCUT2D eigenvalue weighted by Gasteiger charge is 2.21. The minimum Gasteiger partial charge on any atom is -0.364 e. The van der Waals surface area contributed by atoms with Gasteiger partial charge in [0.1, 0.15) is 5.82 Å². The predicted octanol–water partition coefficient (Wildman–Crippen LogP) is 3.29. The van der Waals surface area contributed by atoms with Crippen molar-refractivity contribution >= 4 is 5.69 Å². The summed E-state index contributed by atoms with van der Waals surface area (Å²) in [6.07, 6.45) is 0. The Morgan fingerprint density at radius 1 is 1.10 bits per heavy atom. The SMILES string of the molecule is C[C@H]1CNCCN1c1cc(-c2ccccc2)ccc1F. The molecule has 0 unspecified atom stereocenters. The summed E-state index contributed by atoms with van der Waals surface area (Å²) in [6.45, 7) is 4.77. The lowest BCUT2D eigenvalue weighted by atomic mass is 10.0. The standard InChI is InChI=1S/C17H19FN2/c1-13-12-19-9-10-20(13)17-11-15(7-8-16(17)18)14-5-3-2-4-6-14/h2-8,11,13,19H,9-10,12H2,1H3/t13-/m0/s1. The summed E-state index contributed by atoms with van der Waals surface area (Å²) in [6, 6.07) is 15.8. The molecule has 1 aliphatic rings. The van der Waals surface area contributed by atoms with E-state index in [1.54, 1.807) is 6.07 Å². The van der Waals surface area contributed by atoms with E-state index in [1.165, 1.54) is 0 Å². The lowest BCUT2D eigenvalue weighted by molar-refractivity contribution is 0.491. The van der Waals surface area contributed by atoms with Gasteiger partial charge in [-0.15, -0.1) is 0 Å². The third kappa shape index (κ3) is 2.54. The normalized spacial score (nSPS) is 19.1. The lowest BCUT2D eigenvalue weighted by Crippen LogP contribution is -2.50. The first-order valence-corrected chi connectivity index (χ1v) is 7.08. The van der Waals surface area contributed by atoms with Gasteiger partial charge in [0.25, 0.3) is 0 Å². The molecule has 0 amide bonds. The van der Waals surface area contributed by atoms with E-state index in [9.17, 15) is 4.39 Å². The first-order chi connectivity index (χ1) is 9.75. The minimum atomic E-state index is -0.140. The van der Waals surface area contributed by atoms with Gasteiger partial charge in [0.2, 0.25) is 0 Å². The van der Waals surface area contributed by atoms with Crippen molar-refractivity contribution in [2.75, 3.05) is 24.5 Å². The fourth-order valence-electron chi connectivity index (χ4n) is 2.74. The average molecular weight is 270 g/mol. The molecule has 1 atom stereocenters. The topological polar surface area (TPSA) is 15.3 Å². The number of benzene rings is 2. The van der Waals surface area contributed by atoms with Crippen LogP contribution in [0.4, 0.5) is 10.1 Å². The van der Waals surface area contributed by atoms with Crippen molar-refractivity contribution in [2.45, 2.75) is 13.0 Å². The Kier molecular flexibility index (Phi) is 3.70. The molecular weight excluding hydrogens is 251 g/mol. The van der Waals surface area contributed by atoms with Crippen molar-refractivity contribution in [3.63, 3.8) is 0 Å². The van der Waals surface area contributed by atoms with Gasteiger partial charge in [-0.3, -0.25) is 0 Å². The van der Waals surface area contributed by atoms with Crippen LogP contribution in [0.5, 0.6) is 0 Å². The van der Waals surface area contributed by atoms with Crippen LogP contribution in [0.3, 0.4) is 0 Å². The molecule has 2 aromatic carbocycles. The van der Waals surface area contributed by atoms with Crippen LogP contribution >= 0.6 is 0 Å². The van der Waals surface area contributed by atoms with Gasteiger partial charge in [-0.2, -0.15) is 0 Å². The van der Waals surface area contributed by atoms with Gasteiger partial charge in [0.15, 0.2) is 0 Å². The Morgan fingerprint density at radius 3 is 2.65 bits per heavy atom. The monoisotopic (exact) mass is 270 g/mol. The van der Waals surface area contributed by atoms with Crippen molar-refractivity contribution in [3.05, 3.63) is 54.3 Å². The molecule has 0 spiro atoms. The van der Waals surface area contributed by atoms with Gasteiger partial charge in [-0.05, 0) is 30.2 Å². The molecule has 0 bridgehead atoms. The highest BCUT2D eigenvalue weighted by atomic mass is 19.1. The molecule has 0 aromatic heterocycles. The molecule has 104 valence electrons. The van der Waals surface area contributed by atoms with Crippen molar-refractivity contribution < 1.29 is 4.39 Å². The zero-order valence-corrected chi connectivity index (χ0v) is 11.6.